The van der Waals surface area contributed by atoms with E-state index in [9.17, 15) is 8.42 Å². The van der Waals surface area contributed by atoms with Crippen LogP contribution in [0.2, 0.25) is 4.34 Å². The topological polar surface area (TPSA) is 95.1 Å². The van der Waals surface area contributed by atoms with E-state index in [1.54, 1.807) is 6.07 Å². The molecule has 2 rings (SSSR count). The Kier molecular flexibility index (Phi) is 12.2. The average molecular weight is 566 g/mol. The van der Waals surface area contributed by atoms with Gasteiger partial charge in [0.05, 0.1) is 24.1 Å². The molecule has 2 heterocycles. The first-order valence-electron chi connectivity index (χ1n) is 9.01. The second-order valence-corrected chi connectivity index (χ2v) is 9.81. The molecule has 1 aliphatic rings. The van der Waals surface area contributed by atoms with Crippen LogP contribution < -0.4 is 15.4 Å². The van der Waals surface area contributed by atoms with Crippen LogP contribution in [0.15, 0.2) is 21.3 Å². The van der Waals surface area contributed by atoms with Crippen LogP contribution >= 0.6 is 46.9 Å². The number of morpholine rings is 1. The molecule has 0 aliphatic carbocycles. The molecule has 0 spiro atoms. The Morgan fingerprint density at radius 2 is 2.04 bits per heavy atom. The average Bonchev–Trinajstić information content (AvgIpc) is 3.11. The Hall–Kier alpha value is -0.180. The number of ether oxygens (including phenoxy) is 1. The summed E-state index contributed by atoms with van der Waals surface area (Å²) in [7, 11) is -3.52. The van der Waals surface area contributed by atoms with Crippen LogP contribution in [0.25, 0.3) is 0 Å². The van der Waals surface area contributed by atoms with Crippen LogP contribution in [0.5, 0.6) is 0 Å². The monoisotopic (exact) mass is 565 g/mol. The molecule has 0 aromatic carbocycles. The highest BCUT2D eigenvalue weighted by molar-refractivity contribution is 14.0. The van der Waals surface area contributed by atoms with Gasteiger partial charge in [0.1, 0.15) is 4.21 Å². The summed E-state index contributed by atoms with van der Waals surface area (Å²) in [6.07, 6.45) is 0. The second kappa shape index (κ2) is 13.2. The molecule has 162 valence electrons. The highest BCUT2D eigenvalue weighted by atomic mass is 127. The first kappa shape index (κ1) is 25.9. The molecule has 8 nitrogen and oxygen atoms in total. The van der Waals surface area contributed by atoms with Crippen molar-refractivity contribution < 1.29 is 13.2 Å². The fourth-order valence-electron chi connectivity index (χ4n) is 2.58. The van der Waals surface area contributed by atoms with Gasteiger partial charge in [-0.1, -0.05) is 11.6 Å². The Bertz CT molecular complexity index is 711. The first-order valence-corrected chi connectivity index (χ1v) is 11.7. The van der Waals surface area contributed by atoms with Gasteiger partial charge in [0.2, 0.25) is 10.0 Å². The van der Waals surface area contributed by atoms with Crippen LogP contribution in [0.3, 0.4) is 0 Å². The molecule has 0 saturated carbocycles. The minimum Gasteiger partial charge on any atom is -0.379 e. The number of nitrogens with zero attached hydrogens (tertiary/aromatic N) is 2. The number of sulfonamides is 1. The molecule has 1 unspecified atom stereocenters. The fraction of sp³-hybridized carbons (Fsp3) is 0.688. The van der Waals surface area contributed by atoms with Crippen molar-refractivity contribution in [3.05, 3.63) is 16.5 Å². The van der Waals surface area contributed by atoms with E-state index >= 15 is 0 Å². The third kappa shape index (κ3) is 8.67. The van der Waals surface area contributed by atoms with Crippen molar-refractivity contribution in [1.82, 2.24) is 20.3 Å². The lowest BCUT2D eigenvalue weighted by Crippen LogP contribution is -2.45. The van der Waals surface area contributed by atoms with Gasteiger partial charge < -0.3 is 15.4 Å². The van der Waals surface area contributed by atoms with E-state index in [1.807, 2.05) is 6.92 Å². The molecule has 1 saturated heterocycles. The Labute approximate surface area is 193 Å². The van der Waals surface area contributed by atoms with Gasteiger partial charge in [0, 0.05) is 38.8 Å². The predicted octanol–water partition coefficient (Wildman–Crippen LogP) is 1.57. The molecule has 0 amide bonds. The summed E-state index contributed by atoms with van der Waals surface area (Å²) >= 11 is 6.84. The molecule has 1 atom stereocenters. The summed E-state index contributed by atoms with van der Waals surface area (Å²) in [5.41, 5.74) is 0. The zero-order valence-electron chi connectivity index (χ0n) is 16.1. The lowest BCUT2D eigenvalue weighted by atomic mass is 10.2. The van der Waals surface area contributed by atoms with Gasteiger partial charge in [-0.2, -0.15) is 0 Å². The maximum Gasteiger partial charge on any atom is 0.250 e. The SMILES string of the molecule is CCNC(=NCC(C)N1CCOCC1)NCCNS(=O)(=O)c1ccc(Cl)s1.I. The third-order valence-electron chi connectivity index (χ3n) is 4.05. The minimum atomic E-state index is -3.52. The van der Waals surface area contributed by atoms with Gasteiger partial charge in [-0.15, -0.1) is 35.3 Å². The van der Waals surface area contributed by atoms with E-state index in [0.717, 1.165) is 44.2 Å². The van der Waals surface area contributed by atoms with Crippen molar-refractivity contribution in [2.45, 2.75) is 24.1 Å². The number of rotatable bonds is 9. The normalized spacial score (nSPS) is 17.0. The summed E-state index contributed by atoms with van der Waals surface area (Å²) in [5, 5.41) is 6.33. The summed E-state index contributed by atoms with van der Waals surface area (Å²) in [5.74, 6) is 0.677. The van der Waals surface area contributed by atoms with Gasteiger partial charge in [-0.3, -0.25) is 9.89 Å². The Balaban J connectivity index is 0.00000392. The minimum absolute atomic E-state index is 0. The summed E-state index contributed by atoms with van der Waals surface area (Å²) < 4.78 is 32.9. The van der Waals surface area contributed by atoms with Gasteiger partial charge in [0.15, 0.2) is 5.96 Å². The van der Waals surface area contributed by atoms with Gasteiger partial charge in [0.25, 0.3) is 0 Å². The zero-order chi connectivity index (χ0) is 19.7. The number of hydrogen-bond acceptors (Lipinski definition) is 6. The number of aliphatic imine (C=N–C) groups is 1. The van der Waals surface area contributed by atoms with Crippen LogP contribution in [0.1, 0.15) is 13.8 Å². The molecule has 3 N–H and O–H groups in total. The highest BCUT2D eigenvalue weighted by Gasteiger charge is 2.17. The summed E-state index contributed by atoms with van der Waals surface area (Å²) in [4.78, 5) is 6.96. The molecule has 0 radical (unpaired) electrons. The van der Waals surface area contributed by atoms with Crippen molar-refractivity contribution in [2.24, 2.45) is 4.99 Å². The standard InChI is InChI=1S/C16H28ClN5O3S2.HI/c1-3-18-16(20-12-13(2)22-8-10-25-11-9-22)19-6-7-21-27(23,24)15-5-4-14(17)26-15;/h4-5,13,21H,3,6-12H2,1-2H3,(H2,18,19,20);1H. The Morgan fingerprint density at radius 1 is 1.32 bits per heavy atom. The number of nitrogens with one attached hydrogen (secondary N) is 3. The molecule has 1 aliphatic heterocycles. The molecule has 1 aromatic heterocycles. The lowest BCUT2D eigenvalue weighted by Gasteiger charge is -2.31. The van der Waals surface area contributed by atoms with Gasteiger partial charge >= 0.3 is 0 Å². The molecular weight excluding hydrogens is 537 g/mol. The summed E-state index contributed by atoms with van der Waals surface area (Å²) in [6, 6.07) is 3.40. The molecule has 1 fully saturated rings. The molecular formula is C16H29ClIN5O3S2. The van der Waals surface area contributed by atoms with Crippen LogP contribution in [0, 0.1) is 0 Å². The molecule has 28 heavy (non-hydrogen) atoms. The molecule has 1 aromatic rings. The predicted molar refractivity (Wildman–Crippen MR) is 126 cm³/mol. The highest BCUT2D eigenvalue weighted by Crippen LogP contribution is 2.25. The van der Waals surface area contributed by atoms with Crippen molar-refractivity contribution in [2.75, 3.05) is 52.5 Å². The fourth-order valence-corrected chi connectivity index (χ4v) is 5.14. The van der Waals surface area contributed by atoms with E-state index in [-0.39, 0.29) is 34.7 Å². The zero-order valence-corrected chi connectivity index (χ0v) is 20.8. The molecule has 0 bridgehead atoms. The maximum absolute atomic E-state index is 12.2. The van der Waals surface area contributed by atoms with E-state index in [2.05, 4.69) is 32.2 Å². The number of halogens is 2. The quantitative estimate of drug-likeness (QED) is 0.182. The second-order valence-electron chi connectivity index (χ2n) is 6.10. The number of thiophene rings is 1. The largest absolute Gasteiger partial charge is 0.379 e. The van der Waals surface area contributed by atoms with Crippen LogP contribution in [-0.4, -0.2) is 77.8 Å². The van der Waals surface area contributed by atoms with Crippen LogP contribution in [0.4, 0.5) is 0 Å². The smallest absolute Gasteiger partial charge is 0.250 e. The van der Waals surface area contributed by atoms with Crippen LogP contribution in [-0.2, 0) is 14.8 Å². The van der Waals surface area contributed by atoms with E-state index in [1.165, 1.54) is 6.07 Å². The van der Waals surface area contributed by atoms with Crippen molar-refractivity contribution in [3.8, 4) is 0 Å². The Morgan fingerprint density at radius 3 is 2.64 bits per heavy atom. The number of hydrogen-bond donors (Lipinski definition) is 3. The molecule has 12 heteroatoms. The van der Waals surface area contributed by atoms with E-state index in [0.29, 0.717) is 29.4 Å². The van der Waals surface area contributed by atoms with E-state index in [4.69, 9.17) is 16.3 Å². The van der Waals surface area contributed by atoms with E-state index < -0.39 is 10.0 Å². The van der Waals surface area contributed by atoms with Gasteiger partial charge in [-0.25, -0.2) is 13.1 Å². The van der Waals surface area contributed by atoms with Crippen molar-refractivity contribution in [3.63, 3.8) is 0 Å². The number of guanidine groups is 1. The third-order valence-corrected chi connectivity index (χ3v) is 7.23. The van der Waals surface area contributed by atoms with Crippen molar-refractivity contribution in [1.29, 1.82) is 0 Å². The lowest BCUT2D eigenvalue weighted by molar-refractivity contribution is 0.0220. The summed E-state index contributed by atoms with van der Waals surface area (Å²) in [6.45, 7) is 9.60. The first-order chi connectivity index (χ1) is 12.9. The van der Waals surface area contributed by atoms with Gasteiger partial charge in [-0.05, 0) is 26.0 Å². The van der Waals surface area contributed by atoms with Crippen molar-refractivity contribution >= 4 is 62.9 Å². The maximum atomic E-state index is 12.2.